The van der Waals surface area contributed by atoms with E-state index in [1.165, 1.54) is 5.56 Å². The number of hydrogen-bond donors (Lipinski definition) is 0. The molecular weight excluding hydrogens is 499 g/mol. The lowest BCUT2D eigenvalue weighted by Gasteiger charge is -2.33. The summed E-state index contributed by atoms with van der Waals surface area (Å²) in [5.41, 5.74) is 2.47. The smallest absolute Gasteiger partial charge is 0.265 e. The highest BCUT2D eigenvalue weighted by Crippen LogP contribution is 2.41. The Kier molecular flexibility index (Phi) is 7.51. The van der Waals surface area contributed by atoms with Crippen molar-refractivity contribution in [2.45, 2.75) is 30.7 Å². The number of hydrogen-bond acceptors (Lipinski definition) is 4. The van der Waals surface area contributed by atoms with E-state index < -0.39 is 5.54 Å². The minimum atomic E-state index is -1.15. The minimum Gasteiger partial charge on any atom is -0.303 e. The maximum absolute atomic E-state index is 14.5. The summed E-state index contributed by atoms with van der Waals surface area (Å²) in [7, 11) is 0. The van der Waals surface area contributed by atoms with Crippen molar-refractivity contribution in [2.75, 3.05) is 26.2 Å². The molecule has 1 fully saturated rings. The van der Waals surface area contributed by atoms with Crippen LogP contribution in [-0.2, 0) is 10.3 Å². The molecule has 40 heavy (non-hydrogen) atoms. The van der Waals surface area contributed by atoms with E-state index in [9.17, 15) is 9.18 Å². The van der Waals surface area contributed by atoms with E-state index in [4.69, 9.17) is 4.99 Å². The molecule has 4 aromatic rings. The second-order valence-corrected chi connectivity index (χ2v) is 10.6. The van der Waals surface area contributed by atoms with E-state index >= 15 is 0 Å². The lowest BCUT2D eigenvalue weighted by Crippen LogP contribution is -2.43. The van der Waals surface area contributed by atoms with Crippen molar-refractivity contribution in [2.24, 2.45) is 4.99 Å². The highest BCUT2D eigenvalue weighted by molar-refractivity contribution is 6.16. The Morgan fingerprint density at radius 1 is 0.775 bits per heavy atom. The number of carbonyl (C=O) groups is 1. The van der Waals surface area contributed by atoms with Gasteiger partial charge in [0, 0.05) is 12.7 Å². The number of halogens is 1. The summed E-state index contributed by atoms with van der Waals surface area (Å²) in [6.07, 6.45) is 4.69. The minimum absolute atomic E-state index is 0.0411. The molecule has 1 amide bonds. The van der Waals surface area contributed by atoms with Gasteiger partial charge in [0.15, 0.2) is 11.4 Å². The topological polar surface area (TPSA) is 48.8 Å². The van der Waals surface area contributed by atoms with Crippen LogP contribution in [-0.4, -0.2) is 52.7 Å². The van der Waals surface area contributed by atoms with Crippen LogP contribution in [0.1, 0.15) is 47.6 Å². The standard InChI is InChI=1S/C34H33FN4O/c35-30-17-15-26(16-18-30)27-19-24-38(25-20-27)22-9-23-39-32(31-14-7-8-21-36-31)37-34(33(39)40,28-10-3-1-4-11-28)29-12-5-2-6-13-29/h1-8,10-18,21,27H,9,19-20,22-25H2. The van der Waals surface area contributed by atoms with E-state index in [1.54, 1.807) is 18.3 Å². The van der Waals surface area contributed by atoms with Crippen LogP contribution in [0.25, 0.3) is 0 Å². The summed E-state index contributed by atoms with van der Waals surface area (Å²) >= 11 is 0. The molecule has 0 saturated carbocycles. The number of rotatable bonds is 8. The first-order valence-corrected chi connectivity index (χ1v) is 14.1. The molecule has 5 nitrogen and oxygen atoms in total. The zero-order chi connectivity index (χ0) is 27.4. The normalized spacial score (nSPS) is 17.7. The van der Waals surface area contributed by atoms with Crippen molar-refractivity contribution in [3.63, 3.8) is 0 Å². The van der Waals surface area contributed by atoms with Gasteiger partial charge in [-0.25, -0.2) is 9.38 Å². The molecule has 0 spiro atoms. The Bertz CT molecular complexity index is 1410. The van der Waals surface area contributed by atoms with E-state index in [1.807, 2.05) is 95.9 Å². The number of carbonyl (C=O) groups excluding carboxylic acids is 1. The Morgan fingerprint density at radius 2 is 1.40 bits per heavy atom. The fourth-order valence-corrected chi connectivity index (χ4v) is 6.04. The zero-order valence-electron chi connectivity index (χ0n) is 22.5. The monoisotopic (exact) mass is 532 g/mol. The van der Waals surface area contributed by atoms with E-state index in [0.717, 1.165) is 50.0 Å². The molecule has 6 rings (SSSR count). The molecule has 2 aliphatic heterocycles. The predicted octanol–water partition coefficient (Wildman–Crippen LogP) is 6.02. The van der Waals surface area contributed by atoms with Crippen LogP contribution < -0.4 is 0 Å². The number of likely N-dealkylation sites (tertiary alicyclic amines) is 1. The summed E-state index contributed by atoms with van der Waals surface area (Å²) in [4.78, 5) is 28.6. The highest BCUT2D eigenvalue weighted by atomic mass is 19.1. The third-order valence-corrected chi connectivity index (χ3v) is 8.15. The molecule has 2 aliphatic rings. The van der Waals surface area contributed by atoms with Crippen LogP contribution in [0.4, 0.5) is 4.39 Å². The number of benzene rings is 3. The van der Waals surface area contributed by atoms with Gasteiger partial charge in [-0.2, -0.15) is 0 Å². The maximum Gasteiger partial charge on any atom is 0.265 e. The fourth-order valence-electron chi connectivity index (χ4n) is 6.04. The Labute approximate surface area is 235 Å². The van der Waals surface area contributed by atoms with Crippen molar-refractivity contribution in [3.8, 4) is 0 Å². The van der Waals surface area contributed by atoms with Gasteiger partial charge in [-0.05, 0) is 85.8 Å². The van der Waals surface area contributed by atoms with Gasteiger partial charge >= 0.3 is 0 Å². The molecule has 1 saturated heterocycles. The Balaban J connectivity index is 1.21. The molecule has 0 N–H and O–H groups in total. The maximum atomic E-state index is 14.5. The number of amides is 1. The molecule has 0 aliphatic carbocycles. The molecule has 1 aromatic heterocycles. The second kappa shape index (κ2) is 11.5. The molecular formula is C34H33FN4O. The molecule has 0 bridgehead atoms. The summed E-state index contributed by atoms with van der Waals surface area (Å²) in [5.74, 6) is 0.862. The SMILES string of the molecule is O=C1N(CCCN2CCC(c3ccc(F)cc3)CC2)C(c2ccccn2)=NC1(c1ccccc1)c1ccccc1. The van der Waals surface area contributed by atoms with E-state index in [2.05, 4.69) is 9.88 Å². The van der Waals surface area contributed by atoms with Crippen molar-refractivity contribution >= 4 is 11.7 Å². The van der Waals surface area contributed by atoms with Crippen LogP contribution in [0.3, 0.4) is 0 Å². The Hall–Kier alpha value is -4.16. The zero-order valence-corrected chi connectivity index (χ0v) is 22.5. The van der Waals surface area contributed by atoms with Gasteiger partial charge in [-0.1, -0.05) is 78.9 Å². The third kappa shape index (κ3) is 5.07. The van der Waals surface area contributed by atoms with Gasteiger partial charge in [0.2, 0.25) is 0 Å². The average molecular weight is 533 g/mol. The molecule has 0 atom stereocenters. The lowest BCUT2D eigenvalue weighted by molar-refractivity contribution is -0.130. The number of piperidine rings is 1. The second-order valence-electron chi connectivity index (χ2n) is 10.6. The number of aromatic nitrogens is 1. The van der Waals surface area contributed by atoms with E-state index in [-0.39, 0.29) is 11.7 Å². The molecule has 6 heteroatoms. The van der Waals surface area contributed by atoms with Crippen molar-refractivity contribution in [1.29, 1.82) is 0 Å². The molecule has 0 radical (unpaired) electrons. The summed E-state index contributed by atoms with van der Waals surface area (Å²) in [5, 5.41) is 0. The van der Waals surface area contributed by atoms with Crippen LogP contribution in [0.2, 0.25) is 0 Å². The number of nitrogens with zero attached hydrogens (tertiary/aromatic N) is 4. The van der Waals surface area contributed by atoms with E-state index in [0.29, 0.717) is 24.0 Å². The van der Waals surface area contributed by atoms with Crippen LogP contribution >= 0.6 is 0 Å². The summed E-state index contributed by atoms with van der Waals surface area (Å²) in [6.45, 7) is 3.46. The average Bonchev–Trinajstić information content (AvgIpc) is 3.32. The first-order valence-electron chi connectivity index (χ1n) is 14.1. The van der Waals surface area contributed by atoms with Crippen LogP contribution in [0.5, 0.6) is 0 Å². The van der Waals surface area contributed by atoms with Gasteiger partial charge in [-0.15, -0.1) is 0 Å². The van der Waals surface area contributed by atoms with Gasteiger partial charge in [0.25, 0.3) is 5.91 Å². The van der Waals surface area contributed by atoms with Gasteiger partial charge in [-0.3, -0.25) is 14.7 Å². The van der Waals surface area contributed by atoms with Crippen LogP contribution in [0.15, 0.2) is 114 Å². The number of aliphatic imine (C=N–C) groups is 1. The van der Waals surface area contributed by atoms with Crippen molar-refractivity contribution in [1.82, 2.24) is 14.8 Å². The van der Waals surface area contributed by atoms with Gasteiger partial charge in [0.05, 0.1) is 0 Å². The summed E-state index contributed by atoms with van der Waals surface area (Å²) < 4.78 is 13.3. The third-order valence-electron chi connectivity index (χ3n) is 8.15. The highest BCUT2D eigenvalue weighted by Gasteiger charge is 2.51. The first-order chi connectivity index (χ1) is 19.6. The molecule has 3 heterocycles. The Morgan fingerprint density at radius 3 is 2.00 bits per heavy atom. The molecule has 0 unspecified atom stereocenters. The predicted molar refractivity (Wildman–Crippen MR) is 156 cm³/mol. The molecule has 202 valence electrons. The quantitative estimate of drug-likeness (QED) is 0.279. The van der Waals surface area contributed by atoms with Gasteiger partial charge in [0.1, 0.15) is 11.5 Å². The number of amidine groups is 1. The number of pyridine rings is 1. The summed E-state index contributed by atoms with van der Waals surface area (Å²) in [6, 6.07) is 32.4. The van der Waals surface area contributed by atoms with Crippen molar-refractivity contribution < 1.29 is 9.18 Å². The van der Waals surface area contributed by atoms with Crippen molar-refractivity contribution in [3.05, 3.63) is 138 Å². The fraction of sp³-hybridized carbons (Fsp3) is 0.265. The van der Waals surface area contributed by atoms with Gasteiger partial charge < -0.3 is 4.90 Å². The first kappa shape index (κ1) is 26.1. The molecule has 3 aromatic carbocycles. The lowest BCUT2D eigenvalue weighted by atomic mass is 9.83. The largest absolute Gasteiger partial charge is 0.303 e. The van der Waals surface area contributed by atoms with Crippen LogP contribution in [0, 0.1) is 5.82 Å².